The van der Waals surface area contributed by atoms with Gasteiger partial charge in [0.2, 0.25) is 0 Å². The predicted octanol–water partition coefficient (Wildman–Crippen LogP) is 2.32. The highest BCUT2D eigenvalue weighted by Gasteiger charge is 2.33. The summed E-state index contributed by atoms with van der Waals surface area (Å²) in [4.78, 5) is 39.9. The summed E-state index contributed by atoms with van der Waals surface area (Å²) in [6, 6.07) is 0. The van der Waals surface area contributed by atoms with E-state index in [1.54, 1.807) is 34.8 Å². The average molecular weight is 530 g/mol. The number of rotatable bonds is 19. The topological polar surface area (TPSA) is 154 Å². The number of methoxy groups -OCH3 is 1. The number of phosphoric acid groups is 1. The highest BCUT2D eigenvalue weighted by molar-refractivity contribution is 7.48. The zero-order valence-electron chi connectivity index (χ0n) is 21.9. The van der Waals surface area contributed by atoms with Gasteiger partial charge in [0.25, 0.3) is 5.91 Å². The number of amides is 1. The molecule has 0 saturated carbocycles. The van der Waals surface area contributed by atoms with Crippen molar-refractivity contribution in [3.63, 3.8) is 0 Å². The number of hydrogen-bond acceptors (Lipinski definition) is 12. The monoisotopic (exact) mass is 529 g/mol. The molecule has 13 nitrogen and oxygen atoms in total. The van der Waals surface area contributed by atoms with E-state index in [0.717, 1.165) is 7.11 Å². The molecule has 0 aliphatic heterocycles. The summed E-state index contributed by atoms with van der Waals surface area (Å²) in [6.45, 7) is 9.11. The molecular formula is C21H40NO12P. The Bertz CT molecular complexity index is 712. The number of carbonyl (C=O) groups is 3. The fraction of sp³-hybridized carbons (Fsp3) is 0.857. The van der Waals surface area contributed by atoms with Gasteiger partial charge in [0.05, 0.1) is 32.5 Å². The van der Waals surface area contributed by atoms with Crippen LogP contribution in [0.1, 0.15) is 54.4 Å². The van der Waals surface area contributed by atoms with Crippen LogP contribution in [0.4, 0.5) is 0 Å². The van der Waals surface area contributed by atoms with Crippen LogP contribution >= 0.6 is 7.82 Å². The molecule has 0 fully saturated rings. The van der Waals surface area contributed by atoms with Crippen molar-refractivity contribution in [2.24, 2.45) is 0 Å². The van der Waals surface area contributed by atoms with Gasteiger partial charge in [-0.3, -0.25) is 23.4 Å². The van der Waals surface area contributed by atoms with Crippen molar-refractivity contribution in [1.82, 2.24) is 5.32 Å². The minimum absolute atomic E-state index is 0.0535. The molecular weight excluding hydrogens is 489 g/mol. The van der Waals surface area contributed by atoms with E-state index < -0.39 is 49.6 Å². The SMILES string of the molecule is CCC(=O)OCC(COP(=O)(OCCNC(=O)C(C)(C)OCC(C)(C)OC)OOC)OC(=O)CC. The number of ether oxygens (including phenoxy) is 4. The average Bonchev–Trinajstić information content (AvgIpc) is 2.82. The number of phosphoric ester groups is 1. The fourth-order valence-electron chi connectivity index (χ4n) is 2.03. The Hall–Kier alpha value is -1.60. The molecule has 0 aromatic rings. The van der Waals surface area contributed by atoms with Crippen LogP contribution in [0.5, 0.6) is 0 Å². The van der Waals surface area contributed by atoms with Crippen LogP contribution in [0.3, 0.4) is 0 Å². The zero-order valence-corrected chi connectivity index (χ0v) is 22.8. The summed E-state index contributed by atoms with van der Waals surface area (Å²) >= 11 is 0. The van der Waals surface area contributed by atoms with Gasteiger partial charge in [0.15, 0.2) is 6.10 Å². The third kappa shape index (κ3) is 14.5. The van der Waals surface area contributed by atoms with Crippen molar-refractivity contribution < 1.29 is 56.5 Å². The minimum atomic E-state index is -4.27. The Balaban J connectivity index is 4.82. The largest absolute Gasteiger partial charge is 0.502 e. The van der Waals surface area contributed by atoms with Gasteiger partial charge in [0.1, 0.15) is 12.2 Å². The fourth-order valence-corrected chi connectivity index (χ4v) is 3.04. The first-order valence-electron chi connectivity index (χ1n) is 11.2. The van der Waals surface area contributed by atoms with Gasteiger partial charge in [-0.15, -0.1) is 4.67 Å². The molecule has 2 unspecified atom stereocenters. The molecule has 1 amide bonds. The van der Waals surface area contributed by atoms with Crippen molar-refractivity contribution in [2.75, 3.05) is 47.2 Å². The van der Waals surface area contributed by atoms with E-state index in [2.05, 4.69) is 14.9 Å². The molecule has 0 aliphatic carbocycles. The minimum Gasteiger partial charge on any atom is -0.462 e. The second-order valence-electron chi connectivity index (χ2n) is 8.34. The standard InChI is InChI=1S/C21H40NO12P/c1-9-17(23)29-13-16(33-18(24)10-2)14-32-35(26,34-28-8)31-12-11-22-19(25)21(5,6)30-15-20(3,4)27-7/h16H,9-15H2,1-8H3,(H,22,25). The van der Waals surface area contributed by atoms with Crippen LogP contribution < -0.4 is 5.32 Å². The number of hydrogen-bond donors (Lipinski definition) is 1. The molecule has 0 rings (SSSR count). The number of esters is 2. The maximum Gasteiger partial charge on any atom is 0.502 e. The van der Waals surface area contributed by atoms with Gasteiger partial charge in [-0.25, -0.2) is 9.45 Å². The third-order valence-corrected chi connectivity index (χ3v) is 5.70. The van der Waals surface area contributed by atoms with Crippen LogP contribution in [0.2, 0.25) is 0 Å². The first-order chi connectivity index (χ1) is 16.2. The maximum absolute atomic E-state index is 12.8. The van der Waals surface area contributed by atoms with Crippen LogP contribution in [0, 0.1) is 0 Å². The lowest BCUT2D eigenvalue weighted by atomic mass is 10.1. The quantitative estimate of drug-likeness (QED) is 0.0858. The van der Waals surface area contributed by atoms with E-state index >= 15 is 0 Å². The zero-order chi connectivity index (χ0) is 27.1. The normalized spacial score (nSPS) is 14.6. The Labute approximate surface area is 206 Å². The van der Waals surface area contributed by atoms with E-state index in [1.165, 1.54) is 0 Å². The summed E-state index contributed by atoms with van der Waals surface area (Å²) in [5.74, 6) is -1.51. The number of carbonyl (C=O) groups excluding carboxylic acids is 3. The van der Waals surface area contributed by atoms with Crippen molar-refractivity contribution in [1.29, 1.82) is 0 Å². The lowest BCUT2D eigenvalue weighted by molar-refractivity contribution is -0.203. The molecule has 0 bridgehead atoms. The van der Waals surface area contributed by atoms with E-state index in [9.17, 15) is 18.9 Å². The van der Waals surface area contributed by atoms with Gasteiger partial charge in [-0.05, 0) is 27.7 Å². The first kappa shape index (κ1) is 33.4. The van der Waals surface area contributed by atoms with E-state index in [-0.39, 0.29) is 39.2 Å². The number of nitrogens with one attached hydrogen (secondary N) is 1. The molecule has 0 aliphatic rings. The van der Waals surface area contributed by atoms with Gasteiger partial charge in [-0.2, -0.15) is 0 Å². The van der Waals surface area contributed by atoms with Gasteiger partial charge in [-0.1, -0.05) is 13.8 Å². The molecule has 0 radical (unpaired) electrons. The molecule has 0 saturated heterocycles. The van der Waals surface area contributed by atoms with Gasteiger partial charge < -0.3 is 24.3 Å². The molecule has 2 atom stereocenters. The smallest absolute Gasteiger partial charge is 0.462 e. The summed E-state index contributed by atoms with van der Waals surface area (Å²) in [6.07, 6.45) is -0.852. The highest BCUT2D eigenvalue weighted by Crippen LogP contribution is 2.49. The van der Waals surface area contributed by atoms with Crippen LogP contribution in [-0.2, 0) is 56.5 Å². The summed E-state index contributed by atoms with van der Waals surface area (Å²) in [7, 11) is -1.63. The Kier molecular flexibility index (Phi) is 15.5. The molecule has 0 spiro atoms. The van der Waals surface area contributed by atoms with E-state index in [1.807, 2.05) is 13.8 Å². The molecule has 0 aromatic heterocycles. The van der Waals surface area contributed by atoms with Crippen LogP contribution in [0.25, 0.3) is 0 Å². The van der Waals surface area contributed by atoms with Crippen molar-refractivity contribution in [3.8, 4) is 0 Å². The Morgan fingerprint density at radius 2 is 1.57 bits per heavy atom. The first-order valence-corrected chi connectivity index (χ1v) is 12.6. The summed E-state index contributed by atoms with van der Waals surface area (Å²) in [5, 5.41) is 2.60. The lowest BCUT2D eigenvalue weighted by Gasteiger charge is -2.30. The van der Waals surface area contributed by atoms with E-state index in [4.69, 9.17) is 28.0 Å². The third-order valence-electron chi connectivity index (χ3n) is 4.41. The summed E-state index contributed by atoms with van der Waals surface area (Å²) < 4.78 is 48.7. The Morgan fingerprint density at radius 3 is 2.11 bits per heavy atom. The Morgan fingerprint density at radius 1 is 0.943 bits per heavy atom. The molecule has 0 aromatic carbocycles. The molecule has 206 valence electrons. The second-order valence-corrected chi connectivity index (χ2v) is 9.90. The van der Waals surface area contributed by atoms with Crippen molar-refractivity contribution in [2.45, 2.75) is 71.7 Å². The van der Waals surface area contributed by atoms with Crippen molar-refractivity contribution >= 4 is 25.7 Å². The molecule has 35 heavy (non-hydrogen) atoms. The van der Waals surface area contributed by atoms with Crippen LogP contribution in [0.15, 0.2) is 0 Å². The maximum atomic E-state index is 12.8. The lowest BCUT2D eigenvalue weighted by Crippen LogP contribution is -2.47. The molecule has 1 N–H and O–H groups in total. The van der Waals surface area contributed by atoms with Gasteiger partial charge >= 0.3 is 19.8 Å². The van der Waals surface area contributed by atoms with Crippen molar-refractivity contribution in [3.05, 3.63) is 0 Å². The van der Waals surface area contributed by atoms with Gasteiger partial charge in [0, 0.05) is 26.5 Å². The summed E-state index contributed by atoms with van der Waals surface area (Å²) in [5.41, 5.74) is -1.73. The molecule has 14 heteroatoms. The highest BCUT2D eigenvalue weighted by atomic mass is 31.2. The second kappa shape index (κ2) is 16.2. The predicted molar refractivity (Wildman–Crippen MR) is 123 cm³/mol. The molecule has 0 heterocycles. The van der Waals surface area contributed by atoms with Crippen LogP contribution in [-0.4, -0.2) is 82.3 Å². The van der Waals surface area contributed by atoms with E-state index in [0.29, 0.717) is 0 Å².